The lowest BCUT2D eigenvalue weighted by atomic mass is 9.96. The maximum absolute atomic E-state index is 12.5. The van der Waals surface area contributed by atoms with Gasteiger partial charge in [-0.2, -0.15) is 4.99 Å². The SMILES string of the molecule is COc1cc(OC)c(N2C(=NC(=O)C(C)(C)C)S[C@@H]3CS(=O)(=O)C[C@H]32)cc1Cl. The van der Waals surface area contributed by atoms with Crippen LogP contribution in [0.4, 0.5) is 5.69 Å². The fourth-order valence-electron chi connectivity index (χ4n) is 3.13. The number of thioether (sulfide) groups is 1. The quantitative estimate of drug-likeness (QED) is 0.705. The fraction of sp³-hybridized carbons (Fsp3) is 0.556. The van der Waals surface area contributed by atoms with Crippen molar-refractivity contribution in [3.8, 4) is 11.5 Å². The van der Waals surface area contributed by atoms with Gasteiger partial charge < -0.3 is 14.4 Å². The zero-order chi connectivity index (χ0) is 20.9. The summed E-state index contributed by atoms with van der Waals surface area (Å²) in [6.07, 6.45) is 0. The van der Waals surface area contributed by atoms with E-state index in [2.05, 4.69) is 4.99 Å². The van der Waals surface area contributed by atoms with Crippen molar-refractivity contribution in [2.75, 3.05) is 30.6 Å². The van der Waals surface area contributed by atoms with Crippen LogP contribution in [-0.2, 0) is 14.6 Å². The third-order valence-electron chi connectivity index (χ3n) is 4.62. The Morgan fingerprint density at radius 2 is 1.86 bits per heavy atom. The summed E-state index contributed by atoms with van der Waals surface area (Å²) in [6, 6.07) is 2.95. The lowest BCUT2D eigenvalue weighted by molar-refractivity contribution is -0.124. The lowest BCUT2D eigenvalue weighted by Crippen LogP contribution is -2.38. The van der Waals surface area contributed by atoms with Crippen LogP contribution in [-0.4, -0.2) is 56.5 Å². The molecule has 1 aromatic rings. The molecule has 2 aliphatic rings. The number of carbonyl (C=O) groups is 1. The second-order valence-electron chi connectivity index (χ2n) is 7.78. The van der Waals surface area contributed by atoms with Crippen LogP contribution < -0.4 is 14.4 Å². The normalized spacial score (nSPS) is 25.1. The van der Waals surface area contributed by atoms with Crippen molar-refractivity contribution < 1.29 is 22.7 Å². The molecule has 2 heterocycles. The molecule has 0 bridgehead atoms. The number of aliphatic imine (C=N–C) groups is 1. The van der Waals surface area contributed by atoms with Crippen LogP contribution in [0.3, 0.4) is 0 Å². The predicted octanol–water partition coefficient (Wildman–Crippen LogP) is 3.00. The molecule has 0 radical (unpaired) electrons. The van der Waals surface area contributed by atoms with Crippen LogP contribution in [0.5, 0.6) is 11.5 Å². The van der Waals surface area contributed by atoms with E-state index in [0.717, 1.165) is 0 Å². The maximum atomic E-state index is 12.5. The summed E-state index contributed by atoms with van der Waals surface area (Å²) in [7, 11) is -0.160. The molecule has 154 valence electrons. The van der Waals surface area contributed by atoms with E-state index in [4.69, 9.17) is 21.1 Å². The summed E-state index contributed by atoms with van der Waals surface area (Å²) < 4.78 is 35.2. The number of anilines is 1. The van der Waals surface area contributed by atoms with Crippen LogP contribution in [0, 0.1) is 5.41 Å². The summed E-state index contributed by atoms with van der Waals surface area (Å²) in [5, 5.41) is 0.612. The van der Waals surface area contributed by atoms with Crippen molar-refractivity contribution in [3.05, 3.63) is 17.2 Å². The van der Waals surface area contributed by atoms with E-state index >= 15 is 0 Å². The van der Waals surface area contributed by atoms with E-state index in [0.29, 0.717) is 27.4 Å². The van der Waals surface area contributed by atoms with E-state index in [1.54, 1.807) is 37.8 Å². The number of halogens is 1. The van der Waals surface area contributed by atoms with Crippen molar-refractivity contribution in [3.63, 3.8) is 0 Å². The van der Waals surface area contributed by atoms with Crippen molar-refractivity contribution in [1.82, 2.24) is 0 Å². The predicted molar refractivity (Wildman–Crippen MR) is 113 cm³/mol. The van der Waals surface area contributed by atoms with Crippen LogP contribution >= 0.6 is 23.4 Å². The Kier molecular flexibility index (Phi) is 5.64. The molecular weight excluding hydrogens is 424 g/mol. The first-order valence-electron chi connectivity index (χ1n) is 8.68. The highest BCUT2D eigenvalue weighted by molar-refractivity contribution is 8.16. The van der Waals surface area contributed by atoms with E-state index in [9.17, 15) is 13.2 Å². The number of amidine groups is 1. The second-order valence-corrected chi connectivity index (χ2v) is 11.5. The molecular formula is C18H23ClN2O5S2. The first-order valence-corrected chi connectivity index (χ1v) is 11.8. The third kappa shape index (κ3) is 3.97. The number of nitrogens with zero attached hydrogens (tertiary/aromatic N) is 2. The summed E-state index contributed by atoms with van der Waals surface area (Å²) in [5.74, 6) is 0.659. The molecule has 10 heteroatoms. The Hall–Kier alpha value is -1.45. The molecule has 0 spiro atoms. The molecule has 0 saturated carbocycles. The van der Waals surface area contributed by atoms with Crippen LogP contribution in [0.2, 0.25) is 5.02 Å². The monoisotopic (exact) mass is 446 g/mol. The van der Waals surface area contributed by atoms with Crippen molar-refractivity contribution >= 4 is 50.0 Å². The topological polar surface area (TPSA) is 85.3 Å². The molecule has 0 aliphatic carbocycles. The Balaban J connectivity index is 2.14. The van der Waals surface area contributed by atoms with Gasteiger partial charge in [0.2, 0.25) is 0 Å². The van der Waals surface area contributed by atoms with Crippen molar-refractivity contribution in [2.24, 2.45) is 10.4 Å². The standard InChI is InChI=1S/C18H23ClN2O5S2/c1-18(2,3)16(22)20-17-21(12-8-28(23,24)9-15(12)27-17)11-6-10(19)13(25-4)7-14(11)26-5/h6-7,12,15H,8-9H2,1-5H3/t12-,15-/m1/s1. The van der Waals surface area contributed by atoms with Gasteiger partial charge in [0, 0.05) is 16.7 Å². The van der Waals surface area contributed by atoms with Gasteiger partial charge in [-0.25, -0.2) is 8.42 Å². The number of benzene rings is 1. The fourth-order valence-corrected chi connectivity index (χ4v) is 7.27. The summed E-state index contributed by atoms with van der Waals surface area (Å²) in [6.45, 7) is 5.37. The van der Waals surface area contributed by atoms with E-state index < -0.39 is 15.3 Å². The number of rotatable bonds is 3. The average Bonchev–Trinajstić information content (AvgIpc) is 3.04. The number of hydrogen-bond acceptors (Lipinski definition) is 6. The largest absolute Gasteiger partial charge is 0.495 e. The van der Waals surface area contributed by atoms with E-state index in [1.807, 2.05) is 0 Å². The number of methoxy groups -OCH3 is 2. The van der Waals surface area contributed by atoms with Crippen LogP contribution in [0.25, 0.3) is 0 Å². The average molecular weight is 447 g/mol. The molecule has 7 nitrogen and oxygen atoms in total. The molecule has 1 amide bonds. The minimum Gasteiger partial charge on any atom is -0.495 e. The van der Waals surface area contributed by atoms with Crippen LogP contribution in [0.15, 0.2) is 17.1 Å². The molecule has 3 rings (SSSR count). The Labute approximate surface area is 174 Å². The zero-order valence-corrected chi connectivity index (χ0v) is 18.7. The first kappa shape index (κ1) is 21.3. The minimum absolute atomic E-state index is 0.0137. The summed E-state index contributed by atoms with van der Waals surface area (Å²) in [4.78, 5) is 18.6. The first-order chi connectivity index (χ1) is 13.0. The highest BCUT2D eigenvalue weighted by atomic mass is 35.5. The molecule has 1 aromatic carbocycles. The van der Waals surface area contributed by atoms with Gasteiger partial charge in [0.1, 0.15) is 11.5 Å². The molecule has 2 aliphatic heterocycles. The third-order valence-corrected chi connectivity index (χ3v) is 8.12. The van der Waals surface area contributed by atoms with Crippen LogP contribution in [0.1, 0.15) is 20.8 Å². The van der Waals surface area contributed by atoms with Gasteiger partial charge in [0.25, 0.3) is 5.91 Å². The molecule has 2 saturated heterocycles. The van der Waals surface area contributed by atoms with Crippen molar-refractivity contribution in [1.29, 1.82) is 0 Å². The Morgan fingerprint density at radius 1 is 1.21 bits per heavy atom. The van der Waals surface area contributed by atoms with Gasteiger partial charge in [0.15, 0.2) is 15.0 Å². The van der Waals surface area contributed by atoms with E-state index in [-0.39, 0.29) is 28.7 Å². The molecule has 0 N–H and O–H groups in total. The highest BCUT2D eigenvalue weighted by Crippen LogP contribution is 2.46. The minimum atomic E-state index is -3.17. The molecule has 28 heavy (non-hydrogen) atoms. The van der Waals surface area contributed by atoms with Gasteiger partial charge in [-0.1, -0.05) is 44.1 Å². The van der Waals surface area contributed by atoms with Gasteiger partial charge in [0.05, 0.1) is 42.5 Å². The van der Waals surface area contributed by atoms with Gasteiger partial charge in [-0.15, -0.1) is 0 Å². The maximum Gasteiger partial charge on any atom is 0.253 e. The number of sulfone groups is 1. The molecule has 2 atom stereocenters. The molecule has 0 aromatic heterocycles. The number of carbonyl (C=O) groups excluding carboxylic acids is 1. The zero-order valence-electron chi connectivity index (χ0n) is 16.4. The highest BCUT2D eigenvalue weighted by Gasteiger charge is 2.50. The number of ether oxygens (including phenoxy) is 2. The lowest BCUT2D eigenvalue weighted by Gasteiger charge is -2.27. The molecule has 2 fully saturated rings. The number of hydrogen-bond donors (Lipinski definition) is 0. The molecule has 0 unspecified atom stereocenters. The number of fused-ring (bicyclic) bond motifs is 1. The summed E-state index contributed by atoms with van der Waals surface area (Å²) in [5.41, 5.74) is -0.0872. The smallest absolute Gasteiger partial charge is 0.253 e. The Bertz CT molecular complexity index is 940. The van der Waals surface area contributed by atoms with Gasteiger partial charge >= 0.3 is 0 Å². The number of amides is 1. The van der Waals surface area contributed by atoms with E-state index in [1.165, 1.54) is 26.0 Å². The Morgan fingerprint density at radius 3 is 2.43 bits per heavy atom. The van der Waals surface area contributed by atoms with Gasteiger partial charge in [-0.05, 0) is 6.07 Å². The summed E-state index contributed by atoms with van der Waals surface area (Å²) >= 11 is 7.63. The van der Waals surface area contributed by atoms with Gasteiger partial charge in [-0.3, -0.25) is 4.79 Å². The second kappa shape index (κ2) is 7.42. The van der Waals surface area contributed by atoms with Crippen molar-refractivity contribution in [2.45, 2.75) is 32.1 Å².